The van der Waals surface area contributed by atoms with Crippen LogP contribution in [0.5, 0.6) is 0 Å². The van der Waals surface area contributed by atoms with Crippen molar-refractivity contribution in [3.05, 3.63) is 16.6 Å². The lowest BCUT2D eigenvalue weighted by molar-refractivity contribution is -0.123. The first-order valence-corrected chi connectivity index (χ1v) is 6.57. The highest BCUT2D eigenvalue weighted by molar-refractivity contribution is 7.09. The Morgan fingerprint density at radius 2 is 2.50 bits per heavy atom. The van der Waals surface area contributed by atoms with Crippen LogP contribution in [-0.2, 0) is 4.79 Å². The lowest BCUT2D eigenvalue weighted by Crippen LogP contribution is -2.43. The van der Waals surface area contributed by atoms with E-state index in [1.807, 2.05) is 11.7 Å². The highest BCUT2D eigenvalue weighted by atomic mass is 32.1. The number of amides is 1. The molecule has 4 nitrogen and oxygen atoms in total. The summed E-state index contributed by atoms with van der Waals surface area (Å²) in [7, 11) is 0. The fourth-order valence-corrected chi connectivity index (χ4v) is 2.56. The zero-order valence-electron chi connectivity index (χ0n) is 9.40. The predicted octanol–water partition coefficient (Wildman–Crippen LogP) is 1.46. The summed E-state index contributed by atoms with van der Waals surface area (Å²) in [6.07, 6.45) is 4.97. The van der Waals surface area contributed by atoms with Gasteiger partial charge in [-0.15, -0.1) is 11.3 Å². The minimum atomic E-state index is -0.0559. The maximum atomic E-state index is 11.7. The largest absolute Gasteiger partial charge is 0.355 e. The molecule has 5 heteroatoms. The van der Waals surface area contributed by atoms with Gasteiger partial charge in [-0.25, -0.2) is 0 Å². The minimum Gasteiger partial charge on any atom is -0.355 e. The topological polar surface area (TPSA) is 54.0 Å². The maximum Gasteiger partial charge on any atom is 0.237 e. The van der Waals surface area contributed by atoms with Crippen LogP contribution in [0.3, 0.4) is 0 Å². The summed E-state index contributed by atoms with van der Waals surface area (Å²) in [5.74, 6) is 0.133. The van der Waals surface area contributed by atoms with E-state index < -0.39 is 0 Å². The third-order valence-electron chi connectivity index (χ3n) is 2.86. The second-order valence-electron chi connectivity index (χ2n) is 4.13. The standard InChI is InChI=1S/C11H17N3OS/c1-8(10-6-12-7-16-10)14-9-4-2-3-5-13-11(9)15/h6-9,14H,2-5H2,1H3,(H,13,15). The maximum absolute atomic E-state index is 11.7. The molecule has 88 valence electrons. The van der Waals surface area contributed by atoms with Crippen molar-refractivity contribution in [2.24, 2.45) is 0 Å². The van der Waals surface area contributed by atoms with Crippen LogP contribution in [0.4, 0.5) is 0 Å². The van der Waals surface area contributed by atoms with E-state index in [0.29, 0.717) is 0 Å². The zero-order chi connectivity index (χ0) is 11.4. The minimum absolute atomic E-state index is 0.0559. The molecule has 0 spiro atoms. The second-order valence-corrected chi connectivity index (χ2v) is 5.05. The molecule has 0 bridgehead atoms. The summed E-state index contributed by atoms with van der Waals surface area (Å²) in [6, 6.07) is 0.140. The van der Waals surface area contributed by atoms with E-state index in [4.69, 9.17) is 0 Å². The molecule has 2 rings (SSSR count). The van der Waals surface area contributed by atoms with Gasteiger partial charge in [0, 0.05) is 23.7 Å². The number of nitrogens with zero attached hydrogens (tertiary/aromatic N) is 1. The third-order valence-corrected chi connectivity index (χ3v) is 3.82. The average molecular weight is 239 g/mol. The van der Waals surface area contributed by atoms with Gasteiger partial charge in [0.05, 0.1) is 11.6 Å². The van der Waals surface area contributed by atoms with Crippen LogP contribution in [0.15, 0.2) is 11.7 Å². The molecule has 16 heavy (non-hydrogen) atoms. The van der Waals surface area contributed by atoms with Gasteiger partial charge in [-0.2, -0.15) is 0 Å². The van der Waals surface area contributed by atoms with E-state index in [1.165, 1.54) is 4.88 Å². The highest BCUT2D eigenvalue weighted by Gasteiger charge is 2.22. The molecule has 1 aliphatic rings. The molecule has 2 heterocycles. The average Bonchev–Trinajstić information content (AvgIpc) is 2.73. The van der Waals surface area contributed by atoms with Crippen molar-refractivity contribution in [3.8, 4) is 0 Å². The van der Waals surface area contributed by atoms with Gasteiger partial charge in [0.25, 0.3) is 0 Å². The molecule has 0 radical (unpaired) electrons. The Labute approximate surface area is 99.5 Å². The summed E-state index contributed by atoms with van der Waals surface area (Å²) in [5, 5.41) is 6.30. The van der Waals surface area contributed by atoms with Gasteiger partial charge < -0.3 is 5.32 Å². The van der Waals surface area contributed by atoms with E-state index >= 15 is 0 Å². The molecule has 1 fully saturated rings. The molecule has 1 saturated heterocycles. The first-order valence-electron chi connectivity index (χ1n) is 5.69. The van der Waals surface area contributed by atoms with Crippen LogP contribution in [0.2, 0.25) is 0 Å². The van der Waals surface area contributed by atoms with Crippen molar-refractivity contribution < 1.29 is 4.79 Å². The third kappa shape index (κ3) is 2.80. The van der Waals surface area contributed by atoms with Crippen LogP contribution >= 0.6 is 11.3 Å². The molecule has 2 atom stereocenters. The monoisotopic (exact) mass is 239 g/mol. The number of rotatable bonds is 3. The van der Waals surface area contributed by atoms with Gasteiger partial charge in [-0.3, -0.25) is 15.1 Å². The van der Waals surface area contributed by atoms with Crippen LogP contribution in [0, 0.1) is 0 Å². The van der Waals surface area contributed by atoms with Crippen LogP contribution < -0.4 is 10.6 Å². The molecular formula is C11H17N3OS. The Morgan fingerprint density at radius 1 is 1.62 bits per heavy atom. The molecule has 0 saturated carbocycles. The molecule has 2 unspecified atom stereocenters. The Balaban J connectivity index is 1.94. The van der Waals surface area contributed by atoms with Gasteiger partial charge >= 0.3 is 0 Å². The molecular weight excluding hydrogens is 222 g/mol. The van der Waals surface area contributed by atoms with Crippen molar-refractivity contribution in [2.45, 2.75) is 38.3 Å². The number of carbonyl (C=O) groups is 1. The fourth-order valence-electron chi connectivity index (χ4n) is 1.92. The number of aromatic nitrogens is 1. The lowest BCUT2D eigenvalue weighted by atomic mass is 10.1. The Morgan fingerprint density at radius 3 is 3.25 bits per heavy atom. The molecule has 1 aliphatic heterocycles. The summed E-state index contributed by atoms with van der Waals surface area (Å²) in [6.45, 7) is 2.89. The van der Waals surface area contributed by atoms with E-state index in [0.717, 1.165) is 25.8 Å². The fraction of sp³-hybridized carbons (Fsp3) is 0.636. The number of hydrogen-bond donors (Lipinski definition) is 2. The molecule has 2 N–H and O–H groups in total. The molecule has 0 aliphatic carbocycles. The summed E-state index contributed by atoms with van der Waals surface area (Å²) in [5.41, 5.74) is 1.82. The first-order chi connectivity index (χ1) is 7.77. The van der Waals surface area contributed by atoms with E-state index in [2.05, 4.69) is 22.5 Å². The van der Waals surface area contributed by atoms with Gasteiger partial charge in [0.1, 0.15) is 0 Å². The number of carbonyl (C=O) groups excluding carboxylic acids is 1. The van der Waals surface area contributed by atoms with Gasteiger partial charge in [-0.1, -0.05) is 0 Å². The first kappa shape index (κ1) is 11.5. The number of nitrogens with one attached hydrogen (secondary N) is 2. The Bertz CT molecular complexity index is 339. The van der Waals surface area contributed by atoms with E-state index in [-0.39, 0.29) is 18.0 Å². The van der Waals surface area contributed by atoms with Crippen LogP contribution in [-0.4, -0.2) is 23.5 Å². The second kappa shape index (κ2) is 5.41. The summed E-state index contributed by atoms with van der Waals surface area (Å²) < 4.78 is 0. The molecule has 1 aromatic heterocycles. The van der Waals surface area contributed by atoms with Crippen molar-refractivity contribution in [1.82, 2.24) is 15.6 Å². The predicted molar refractivity (Wildman–Crippen MR) is 64.3 cm³/mol. The van der Waals surface area contributed by atoms with Crippen molar-refractivity contribution in [1.29, 1.82) is 0 Å². The SMILES string of the molecule is CC(NC1CCCCNC1=O)c1cncs1. The van der Waals surface area contributed by atoms with Crippen LogP contribution in [0.25, 0.3) is 0 Å². The smallest absolute Gasteiger partial charge is 0.237 e. The van der Waals surface area contributed by atoms with Gasteiger partial charge in [0.2, 0.25) is 5.91 Å². The van der Waals surface area contributed by atoms with Crippen molar-refractivity contribution in [3.63, 3.8) is 0 Å². The summed E-state index contributed by atoms with van der Waals surface area (Å²) >= 11 is 1.62. The van der Waals surface area contributed by atoms with Crippen LogP contribution in [0.1, 0.15) is 37.1 Å². The quantitative estimate of drug-likeness (QED) is 0.839. The molecule has 1 aromatic rings. The summed E-state index contributed by atoms with van der Waals surface area (Å²) in [4.78, 5) is 17.0. The number of thiazole rings is 1. The molecule has 1 amide bonds. The van der Waals surface area contributed by atoms with E-state index in [9.17, 15) is 4.79 Å². The highest BCUT2D eigenvalue weighted by Crippen LogP contribution is 2.18. The Hall–Kier alpha value is -0.940. The van der Waals surface area contributed by atoms with E-state index in [1.54, 1.807) is 11.3 Å². The van der Waals surface area contributed by atoms with Crippen molar-refractivity contribution in [2.75, 3.05) is 6.54 Å². The normalized spacial score (nSPS) is 23.6. The number of hydrogen-bond acceptors (Lipinski definition) is 4. The zero-order valence-corrected chi connectivity index (χ0v) is 10.2. The van der Waals surface area contributed by atoms with Gasteiger partial charge in [0.15, 0.2) is 0 Å². The van der Waals surface area contributed by atoms with Crippen molar-refractivity contribution >= 4 is 17.2 Å². The van der Waals surface area contributed by atoms with Gasteiger partial charge in [-0.05, 0) is 26.2 Å². The Kier molecular flexibility index (Phi) is 3.90. The lowest BCUT2D eigenvalue weighted by Gasteiger charge is -2.19. The molecule has 0 aromatic carbocycles.